The zero-order valence-electron chi connectivity index (χ0n) is 12.5. The summed E-state index contributed by atoms with van der Waals surface area (Å²) in [5.74, 6) is 0.468. The molecule has 0 aromatic rings. The third kappa shape index (κ3) is 6.18. The Morgan fingerprint density at radius 1 is 1.26 bits per heavy atom. The summed E-state index contributed by atoms with van der Waals surface area (Å²) in [6, 6.07) is -0.0325. The Hall–Kier alpha value is -0.210. The lowest BCUT2D eigenvalue weighted by Crippen LogP contribution is -2.54. The number of hydrogen-bond donors (Lipinski definition) is 2. The summed E-state index contributed by atoms with van der Waals surface area (Å²) in [4.78, 5) is 2.02. The van der Waals surface area contributed by atoms with Crippen molar-refractivity contribution in [3.63, 3.8) is 0 Å². The molecule has 0 aromatic heterocycles. The number of nitrogens with one attached hydrogen (secondary N) is 2. The Kier molecular flexibility index (Phi) is 6.68. The third-order valence-electron chi connectivity index (χ3n) is 3.07. The van der Waals surface area contributed by atoms with Crippen LogP contribution in [0.2, 0.25) is 0 Å². The van der Waals surface area contributed by atoms with Crippen molar-refractivity contribution in [3.8, 4) is 0 Å². The van der Waals surface area contributed by atoms with Gasteiger partial charge in [-0.2, -0.15) is 17.4 Å². The minimum Gasteiger partial charge on any atom is -0.314 e. The number of hydrogen-bond acceptors (Lipinski definition) is 4. The first kappa shape index (κ1) is 16.8. The van der Waals surface area contributed by atoms with Gasteiger partial charge in [-0.25, -0.2) is 0 Å². The van der Waals surface area contributed by atoms with E-state index in [-0.39, 0.29) is 6.04 Å². The van der Waals surface area contributed by atoms with E-state index in [1.807, 2.05) is 19.0 Å². The smallest absolute Gasteiger partial charge is 0.279 e. The van der Waals surface area contributed by atoms with Crippen LogP contribution in [0.3, 0.4) is 0 Å². The number of likely N-dealkylation sites (N-methyl/N-ethyl adjacent to an activating group) is 1. The summed E-state index contributed by atoms with van der Waals surface area (Å²) < 4.78 is 29.0. The van der Waals surface area contributed by atoms with Gasteiger partial charge in [0.15, 0.2) is 0 Å². The van der Waals surface area contributed by atoms with Crippen molar-refractivity contribution in [2.75, 3.05) is 46.8 Å². The predicted molar refractivity (Wildman–Crippen MR) is 78.3 cm³/mol. The standard InChI is InChI=1S/C12H28N4O2S/c1-11(2)9-12(10-15(3)4)14-19(17,18)16-7-5-13-6-8-16/h11-14H,5-10H2,1-4H3. The highest BCUT2D eigenvalue weighted by molar-refractivity contribution is 7.87. The van der Waals surface area contributed by atoms with Gasteiger partial charge in [0.05, 0.1) is 0 Å². The Labute approximate surface area is 117 Å². The quantitative estimate of drug-likeness (QED) is 0.676. The highest BCUT2D eigenvalue weighted by Gasteiger charge is 2.27. The zero-order valence-corrected chi connectivity index (χ0v) is 13.3. The van der Waals surface area contributed by atoms with Crippen molar-refractivity contribution >= 4 is 10.2 Å². The molecule has 0 aromatic carbocycles. The SMILES string of the molecule is CC(C)CC(CN(C)C)NS(=O)(=O)N1CCNCC1. The summed E-state index contributed by atoms with van der Waals surface area (Å²) in [5.41, 5.74) is 0. The van der Waals surface area contributed by atoms with E-state index < -0.39 is 10.2 Å². The summed E-state index contributed by atoms with van der Waals surface area (Å²) in [7, 11) is 0.572. The summed E-state index contributed by atoms with van der Waals surface area (Å²) in [6.07, 6.45) is 0.851. The van der Waals surface area contributed by atoms with Gasteiger partial charge in [-0.3, -0.25) is 0 Å². The second-order valence-electron chi connectivity index (χ2n) is 5.86. The second kappa shape index (κ2) is 7.54. The van der Waals surface area contributed by atoms with E-state index in [4.69, 9.17) is 0 Å². The highest BCUT2D eigenvalue weighted by atomic mass is 32.2. The Balaban J connectivity index is 2.64. The average Bonchev–Trinajstić information content (AvgIpc) is 2.27. The first-order valence-electron chi connectivity index (χ1n) is 6.94. The van der Waals surface area contributed by atoms with Crippen molar-refractivity contribution in [2.45, 2.75) is 26.3 Å². The van der Waals surface area contributed by atoms with Crippen molar-refractivity contribution in [3.05, 3.63) is 0 Å². The van der Waals surface area contributed by atoms with Crippen LogP contribution in [0.15, 0.2) is 0 Å². The van der Waals surface area contributed by atoms with E-state index >= 15 is 0 Å². The van der Waals surface area contributed by atoms with Gasteiger partial charge in [-0.05, 0) is 26.4 Å². The molecule has 0 bridgehead atoms. The lowest BCUT2D eigenvalue weighted by atomic mass is 10.0. The largest absolute Gasteiger partial charge is 0.314 e. The Morgan fingerprint density at radius 3 is 2.32 bits per heavy atom. The molecule has 0 spiro atoms. The van der Waals surface area contributed by atoms with Gasteiger partial charge in [0.25, 0.3) is 10.2 Å². The second-order valence-corrected chi connectivity index (χ2v) is 7.56. The van der Waals surface area contributed by atoms with Gasteiger partial charge in [0.2, 0.25) is 0 Å². The minimum absolute atomic E-state index is 0.0325. The van der Waals surface area contributed by atoms with Crippen LogP contribution in [0.1, 0.15) is 20.3 Å². The minimum atomic E-state index is -3.36. The molecule has 1 heterocycles. The predicted octanol–water partition coefficient (Wildman–Crippen LogP) is -0.298. The number of rotatable bonds is 7. The van der Waals surface area contributed by atoms with Crippen LogP contribution in [0.4, 0.5) is 0 Å². The molecule has 0 radical (unpaired) electrons. The molecule has 0 amide bonds. The lowest BCUT2D eigenvalue weighted by molar-refractivity contribution is 0.312. The lowest BCUT2D eigenvalue weighted by Gasteiger charge is -2.30. The fourth-order valence-corrected chi connectivity index (χ4v) is 3.74. The maximum absolute atomic E-state index is 12.3. The molecule has 1 saturated heterocycles. The molecule has 1 aliphatic rings. The van der Waals surface area contributed by atoms with Crippen molar-refractivity contribution in [2.24, 2.45) is 5.92 Å². The van der Waals surface area contributed by atoms with E-state index in [0.717, 1.165) is 26.1 Å². The topological polar surface area (TPSA) is 64.7 Å². The fourth-order valence-electron chi connectivity index (χ4n) is 2.34. The molecule has 1 atom stereocenters. The molecular formula is C12H28N4O2S. The molecule has 1 rings (SSSR count). The maximum Gasteiger partial charge on any atom is 0.279 e. The van der Waals surface area contributed by atoms with Gasteiger partial charge in [0.1, 0.15) is 0 Å². The Bertz CT molecular complexity index is 341. The molecule has 114 valence electrons. The van der Waals surface area contributed by atoms with Crippen molar-refractivity contribution < 1.29 is 8.42 Å². The molecule has 1 aliphatic heterocycles. The summed E-state index contributed by atoms with van der Waals surface area (Å²) in [5, 5.41) is 3.16. The molecule has 0 aliphatic carbocycles. The molecule has 2 N–H and O–H groups in total. The molecule has 1 unspecified atom stereocenters. The van der Waals surface area contributed by atoms with Crippen molar-refractivity contribution in [1.29, 1.82) is 0 Å². The van der Waals surface area contributed by atoms with Crippen LogP contribution < -0.4 is 10.0 Å². The number of piperazine rings is 1. The molecule has 1 fully saturated rings. The third-order valence-corrected chi connectivity index (χ3v) is 4.75. The van der Waals surface area contributed by atoms with E-state index in [2.05, 4.69) is 23.9 Å². The van der Waals surface area contributed by atoms with E-state index in [0.29, 0.717) is 19.0 Å². The van der Waals surface area contributed by atoms with Crippen LogP contribution in [-0.2, 0) is 10.2 Å². The van der Waals surface area contributed by atoms with E-state index in [1.54, 1.807) is 0 Å². The van der Waals surface area contributed by atoms with Gasteiger partial charge in [-0.15, -0.1) is 0 Å². The van der Waals surface area contributed by atoms with Crippen LogP contribution in [0, 0.1) is 5.92 Å². The molecular weight excluding hydrogens is 264 g/mol. The molecule has 6 nitrogen and oxygen atoms in total. The number of nitrogens with zero attached hydrogens (tertiary/aromatic N) is 2. The molecule has 0 saturated carbocycles. The van der Waals surface area contributed by atoms with Gasteiger partial charge in [0, 0.05) is 38.8 Å². The fraction of sp³-hybridized carbons (Fsp3) is 1.00. The first-order valence-corrected chi connectivity index (χ1v) is 8.38. The van der Waals surface area contributed by atoms with E-state index in [9.17, 15) is 8.42 Å². The highest BCUT2D eigenvalue weighted by Crippen LogP contribution is 2.09. The first-order chi connectivity index (χ1) is 8.81. The Morgan fingerprint density at radius 2 is 1.84 bits per heavy atom. The summed E-state index contributed by atoms with van der Waals surface area (Å²) in [6.45, 7) is 7.50. The van der Waals surface area contributed by atoms with E-state index in [1.165, 1.54) is 4.31 Å². The summed E-state index contributed by atoms with van der Waals surface area (Å²) >= 11 is 0. The van der Waals surface area contributed by atoms with Crippen LogP contribution in [0.25, 0.3) is 0 Å². The van der Waals surface area contributed by atoms with Gasteiger partial charge >= 0.3 is 0 Å². The normalized spacial score (nSPS) is 20.1. The van der Waals surface area contributed by atoms with Gasteiger partial charge < -0.3 is 10.2 Å². The van der Waals surface area contributed by atoms with Crippen molar-refractivity contribution in [1.82, 2.24) is 19.2 Å². The van der Waals surface area contributed by atoms with Crippen LogP contribution in [0.5, 0.6) is 0 Å². The van der Waals surface area contributed by atoms with Crippen LogP contribution in [-0.4, -0.2) is 70.5 Å². The zero-order chi connectivity index (χ0) is 14.5. The molecule has 19 heavy (non-hydrogen) atoms. The monoisotopic (exact) mass is 292 g/mol. The molecule has 7 heteroatoms. The average molecular weight is 292 g/mol. The van der Waals surface area contributed by atoms with Gasteiger partial charge in [-0.1, -0.05) is 13.8 Å². The van der Waals surface area contributed by atoms with Crippen LogP contribution >= 0.6 is 0 Å². The maximum atomic E-state index is 12.3.